The molecule has 0 aliphatic heterocycles. The second-order valence-corrected chi connectivity index (χ2v) is 4.52. The Balaban J connectivity index is 2.24. The zero-order chi connectivity index (χ0) is 15.4. The number of hydrogen-bond donors (Lipinski definition) is 2. The number of nitrogens with one attached hydrogen (secondary N) is 2. The Morgan fingerprint density at radius 1 is 1.24 bits per heavy atom. The van der Waals surface area contributed by atoms with E-state index < -0.39 is 17.5 Å². The summed E-state index contributed by atoms with van der Waals surface area (Å²) in [6.07, 6.45) is 1.54. The Hall–Kier alpha value is -2.50. The molecule has 4 nitrogen and oxygen atoms in total. The van der Waals surface area contributed by atoms with Crippen molar-refractivity contribution in [1.29, 1.82) is 0 Å². The van der Waals surface area contributed by atoms with E-state index in [1.54, 1.807) is 25.3 Å². The van der Waals surface area contributed by atoms with Crippen molar-refractivity contribution in [1.82, 2.24) is 4.98 Å². The van der Waals surface area contributed by atoms with Crippen molar-refractivity contribution in [3.05, 3.63) is 53.2 Å². The molecule has 1 amide bonds. The molecule has 0 saturated carbocycles. The molecule has 2 N–H and O–H groups in total. The average molecular weight is 291 g/mol. The highest BCUT2D eigenvalue weighted by atomic mass is 19.1. The number of carbonyl (C=O) groups is 1. The molecule has 1 aromatic heterocycles. The van der Waals surface area contributed by atoms with Crippen LogP contribution in [-0.4, -0.2) is 17.4 Å². The molecule has 0 bridgehead atoms. The Bertz CT molecular complexity index is 651. The lowest BCUT2D eigenvalue weighted by Crippen LogP contribution is -2.14. The van der Waals surface area contributed by atoms with Crippen LogP contribution in [0.1, 0.15) is 22.8 Å². The van der Waals surface area contributed by atoms with Crippen LogP contribution in [0.5, 0.6) is 0 Å². The lowest BCUT2D eigenvalue weighted by molar-refractivity contribution is 0.102. The van der Waals surface area contributed by atoms with Gasteiger partial charge in [-0.05, 0) is 43.7 Å². The van der Waals surface area contributed by atoms with Gasteiger partial charge in [-0.1, -0.05) is 0 Å². The smallest absolute Gasteiger partial charge is 0.257 e. The van der Waals surface area contributed by atoms with Gasteiger partial charge in [-0.3, -0.25) is 4.79 Å². The summed E-state index contributed by atoms with van der Waals surface area (Å²) < 4.78 is 27.5. The van der Waals surface area contributed by atoms with Gasteiger partial charge in [0.1, 0.15) is 23.1 Å². The third-order valence-corrected chi connectivity index (χ3v) is 2.81. The summed E-state index contributed by atoms with van der Waals surface area (Å²) in [4.78, 5) is 16.0. The van der Waals surface area contributed by atoms with Crippen LogP contribution in [0.25, 0.3) is 0 Å². The molecule has 0 fully saturated rings. The fourth-order valence-electron chi connectivity index (χ4n) is 1.84. The first-order chi connectivity index (χ1) is 10.0. The quantitative estimate of drug-likeness (QED) is 0.908. The predicted molar refractivity (Wildman–Crippen MR) is 77.4 cm³/mol. The summed E-state index contributed by atoms with van der Waals surface area (Å²) in [5.41, 5.74) is 0.581. The van der Waals surface area contributed by atoms with Gasteiger partial charge in [0.2, 0.25) is 0 Å². The number of nitrogens with zero attached hydrogens (tertiary/aromatic N) is 1. The van der Waals surface area contributed by atoms with Gasteiger partial charge in [-0.15, -0.1) is 0 Å². The topological polar surface area (TPSA) is 54.0 Å². The Kier molecular flexibility index (Phi) is 4.47. The van der Waals surface area contributed by atoms with Crippen LogP contribution in [0.2, 0.25) is 0 Å². The van der Waals surface area contributed by atoms with Crippen LogP contribution >= 0.6 is 0 Å². The maximum atomic E-state index is 13.8. The lowest BCUT2D eigenvalue weighted by atomic mass is 10.1. The number of pyridine rings is 1. The van der Waals surface area contributed by atoms with E-state index in [1.807, 2.05) is 6.92 Å². The maximum absolute atomic E-state index is 13.8. The van der Waals surface area contributed by atoms with Crippen LogP contribution in [0.4, 0.5) is 20.3 Å². The van der Waals surface area contributed by atoms with Gasteiger partial charge >= 0.3 is 0 Å². The molecule has 0 aliphatic rings. The number of anilines is 2. The monoisotopic (exact) mass is 291 g/mol. The molecular formula is C15H15F2N3O. The summed E-state index contributed by atoms with van der Waals surface area (Å²) in [6, 6.07) is 5.43. The normalized spacial score (nSPS) is 10.3. The number of rotatable bonds is 4. The Morgan fingerprint density at radius 2 is 1.90 bits per heavy atom. The average Bonchev–Trinajstić information content (AvgIpc) is 2.42. The van der Waals surface area contributed by atoms with E-state index in [0.717, 1.165) is 17.7 Å². The summed E-state index contributed by atoms with van der Waals surface area (Å²) in [6.45, 7) is 3.96. The molecular weight excluding hydrogens is 276 g/mol. The fourth-order valence-corrected chi connectivity index (χ4v) is 1.84. The molecule has 2 aromatic rings. The summed E-state index contributed by atoms with van der Waals surface area (Å²) in [5, 5.41) is 5.07. The minimum atomic E-state index is -0.806. The number of halogens is 2. The molecule has 1 heterocycles. The van der Waals surface area contributed by atoms with Crippen molar-refractivity contribution in [2.24, 2.45) is 0 Å². The van der Waals surface area contributed by atoms with E-state index in [9.17, 15) is 13.6 Å². The third-order valence-electron chi connectivity index (χ3n) is 2.81. The highest BCUT2D eigenvalue weighted by Gasteiger charge is 2.15. The number of aryl methyl sites for hydroxylation is 1. The number of amides is 1. The van der Waals surface area contributed by atoms with E-state index in [1.165, 1.54) is 0 Å². The van der Waals surface area contributed by atoms with Crippen LogP contribution < -0.4 is 10.6 Å². The van der Waals surface area contributed by atoms with Gasteiger partial charge in [0.15, 0.2) is 0 Å². The maximum Gasteiger partial charge on any atom is 0.257 e. The van der Waals surface area contributed by atoms with Crippen molar-refractivity contribution in [3.8, 4) is 0 Å². The largest absolute Gasteiger partial charge is 0.381 e. The SMILES string of the molecule is CCNc1c(F)cc(C(=O)Nc2cc(C)ccn2)cc1F. The van der Waals surface area contributed by atoms with Crippen LogP contribution in [0.3, 0.4) is 0 Å². The molecule has 110 valence electrons. The van der Waals surface area contributed by atoms with E-state index >= 15 is 0 Å². The summed E-state index contributed by atoms with van der Waals surface area (Å²) in [7, 11) is 0. The highest BCUT2D eigenvalue weighted by molar-refractivity contribution is 6.04. The van der Waals surface area contributed by atoms with Gasteiger partial charge < -0.3 is 10.6 Å². The van der Waals surface area contributed by atoms with E-state index in [-0.39, 0.29) is 11.3 Å². The first-order valence-electron chi connectivity index (χ1n) is 6.48. The minimum absolute atomic E-state index is 0.102. The molecule has 0 atom stereocenters. The summed E-state index contributed by atoms with van der Waals surface area (Å²) in [5.74, 6) is -1.90. The standard InChI is InChI=1S/C15H15F2N3O/c1-3-18-14-11(16)7-10(8-12(14)17)15(21)20-13-6-9(2)4-5-19-13/h4-8,18H,3H2,1-2H3,(H,19,20,21). The zero-order valence-electron chi connectivity index (χ0n) is 11.7. The molecule has 1 aromatic carbocycles. The molecule has 2 rings (SSSR count). The van der Waals surface area contributed by atoms with E-state index in [4.69, 9.17) is 0 Å². The highest BCUT2D eigenvalue weighted by Crippen LogP contribution is 2.21. The number of carbonyl (C=O) groups excluding carboxylic acids is 1. The van der Waals surface area contributed by atoms with Crippen molar-refractivity contribution >= 4 is 17.4 Å². The molecule has 0 spiro atoms. The van der Waals surface area contributed by atoms with Gasteiger partial charge in [-0.25, -0.2) is 13.8 Å². The second kappa shape index (κ2) is 6.30. The number of benzene rings is 1. The zero-order valence-corrected chi connectivity index (χ0v) is 11.7. The van der Waals surface area contributed by atoms with Gasteiger partial charge in [0, 0.05) is 18.3 Å². The van der Waals surface area contributed by atoms with Gasteiger partial charge in [0.05, 0.1) is 0 Å². The molecule has 0 unspecified atom stereocenters. The molecule has 0 saturated heterocycles. The third kappa shape index (κ3) is 3.53. The second-order valence-electron chi connectivity index (χ2n) is 4.52. The molecule has 21 heavy (non-hydrogen) atoms. The van der Waals surface area contributed by atoms with Gasteiger partial charge in [-0.2, -0.15) is 0 Å². The first-order valence-corrected chi connectivity index (χ1v) is 6.48. The van der Waals surface area contributed by atoms with Crippen LogP contribution in [0, 0.1) is 18.6 Å². The molecule has 0 radical (unpaired) electrons. The van der Waals surface area contributed by atoms with Crippen molar-refractivity contribution in [2.75, 3.05) is 17.2 Å². The van der Waals surface area contributed by atoms with Crippen molar-refractivity contribution in [3.63, 3.8) is 0 Å². The number of hydrogen-bond acceptors (Lipinski definition) is 3. The minimum Gasteiger partial charge on any atom is -0.381 e. The predicted octanol–water partition coefficient (Wildman–Crippen LogP) is 3.35. The van der Waals surface area contributed by atoms with Gasteiger partial charge in [0.25, 0.3) is 5.91 Å². The van der Waals surface area contributed by atoms with Crippen molar-refractivity contribution < 1.29 is 13.6 Å². The Morgan fingerprint density at radius 3 is 2.48 bits per heavy atom. The van der Waals surface area contributed by atoms with Crippen LogP contribution in [0.15, 0.2) is 30.5 Å². The van der Waals surface area contributed by atoms with Crippen LogP contribution in [-0.2, 0) is 0 Å². The Labute approximate surface area is 121 Å². The lowest BCUT2D eigenvalue weighted by Gasteiger charge is -2.09. The number of aromatic nitrogens is 1. The fraction of sp³-hybridized carbons (Fsp3) is 0.200. The summed E-state index contributed by atoms with van der Waals surface area (Å²) >= 11 is 0. The van der Waals surface area contributed by atoms with Crippen molar-refractivity contribution in [2.45, 2.75) is 13.8 Å². The molecule has 6 heteroatoms. The molecule has 0 aliphatic carbocycles. The van der Waals surface area contributed by atoms with E-state index in [0.29, 0.717) is 12.4 Å². The van der Waals surface area contributed by atoms with E-state index in [2.05, 4.69) is 15.6 Å². The first kappa shape index (κ1) is 14.9.